The lowest BCUT2D eigenvalue weighted by Gasteiger charge is -2.13. The van der Waals surface area contributed by atoms with Gasteiger partial charge in [0.05, 0.1) is 0 Å². The fourth-order valence-corrected chi connectivity index (χ4v) is 2.95. The van der Waals surface area contributed by atoms with Gasteiger partial charge in [-0.25, -0.2) is 9.97 Å². The molecule has 0 bridgehead atoms. The first-order valence-corrected chi connectivity index (χ1v) is 9.89. The first-order chi connectivity index (χ1) is 14.9. The summed E-state index contributed by atoms with van der Waals surface area (Å²) in [5.74, 6) is 1.51. The Bertz CT molecular complexity index is 1100. The number of hydrogen-bond donors (Lipinski definition) is 4. The SMILES string of the molecule is Cc1cc(N)c(C=N)cc1Nc1ccnc(-c2cccc(OCC(=O)NC(C)C)c2)n1. The third-order valence-corrected chi connectivity index (χ3v) is 4.42. The predicted molar refractivity (Wildman–Crippen MR) is 123 cm³/mol. The number of hydrogen-bond acceptors (Lipinski definition) is 7. The smallest absolute Gasteiger partial charge is 0.258 e. The van der Waals surface area contributed by atoms with Crippen LogP contribution in [-0.4, -0.2) is 34.7 Å². The van der Waals surface area contributed by atoms with E-state index in [9.17, 15) is 4.79 Å². The molecule has 0 saturated heterocycles. The van der Waals surface area contributed by atoms with Gasteiger partial charge in [-0.15, -0.1) is 0 Å². The molecule has 8 heteroatoms. The maximum atomic E-state index is 11.8. The third kappa shape index (κ3) is 5.79. The first kappa shape index (κ1) is 21.8. The molecule has 8 nitrogen and oxygen atoms in total. The van der Waals surface area contributed by atoms with Crippen LogP contribution in [0.5, 0.6) is 5.75 Å². The van der Waals surface area contributed by atoms with Crippen LogP contribution >= 0.6 is 0 Å². The number of ether oxygens (including phenoxy) is 1. The highest BCUT2D eigenvalue weighted by molar-refractivity contribution is 5.88. The molecule has 5 N–H and O–H groups in total. The zero-order valence-corrected chi connectivity index (χ0v) is 17.8. The second kappa shape index (κ2) is 9.71. The molecule has 1 amide bonds. The average molecular weight is 419 g/mol. The predicted octanol–water partition coefficient (Wildman–Crippen LogP) is 3.68. The Hall–Kier alpha value is -3.94. The Kier molecular flexibility index (Phi) is 6.81. The van der Waals surface area contributed by atoms with E-state index in [0.717, 1.165) is 16.8 Å². The van der Waals surface area contributed by atoms with Crippen molar-refractivity contribution in [3.8, 4) is 17.1 Å². The molecule has 0 aliphatic rings. The number of benzene rings is 2. The molecule has 3 aromatic rings. The molecule has 0 saturated carbocycles. The molecule has 0 aliphatic carbocycles. The Morgan fingerprint density at radius 1 is 1.26 bits per heavy atom. The minimum Gasteiger partial charge on any atom is -0.484 e. The standard InChI is InChI=1S/C23H26N6O2/c1-14(2)27-22(30)13-31-18-6-4-5-16(10-18)23-26-8-7-21(29-23)28-20-11-17(12-24)19(25)9-15(20)3/h4-12,14,24H,13,25H2,1-3H3,(H,27,30)(H,26,28,29). The number of rotatable bonds is 8. The van der Waals surface area contributed by atoms with Crippen molar-refractivity contribution >= 4 is 29.3 Å². The van der Waals surface area contributed by atoms with Crippen molar-refractivity contribution < 1.29 is 9.53 Å². The van der Waals surface area contributed by atoms with Gasteiger partial charge in [0.1, 0.15) is 11.6 Å². The lowest BCUT2D eigenvalue weighted by atomic mass is 10.1. The molecule has 160 valence electrons. The summed E-state index contributed by atoms with van der Waals surface area (Å²) in [6.07, 6.45) is 2.89. The lowest BCUT2D eigenvalue weighted by molar-refractivity contribution is -0.123. The summed E-state index contributed by atoms with van der Waals surface area (Å²) < 4.78 is 5.59. The third-order valence-electron chi connectivity index (χ3n) is 4.42. The number of anilines is 3. The normalized spacial score (nSPS) is 10.6. The number of aromatic nitrogens is 2. The number of carbonyl (C=O) groups excluding carboxylic acids is 1. The highest BCUT2D eigenvalue weighted by Crippen LogP contribution is 2.26. The summed E-state index contributed by atoms with van der Waals surface area (Å²) >= 11 is 0. The van der Waals surface area contributed by atoms with Gasteiger partial charge in [0, 0.05) is 41.0 Å². The van der Waals surface area contributed by atoms with E-state index in [1.165, 1.54) is 6.21 Å². The summed E-state index contributed by atoms with van der Waals surface area (Å²) in [5.41, 5.74) is 9.64. The second-order valence-corrected chi connectivity index (χ2v) is 7.37. The Balaban J connectivity index is 1.78. The fourth-order valence-electron chi connectivity index (χ4n) is 2.95. The van der Waals surface area contributed by atoms with Crippen LogP contribution in [-0.2, 0) is 4.79 Å². The van der Waals surface area contributed by atoms with Gasteiger partial charge >= 0.3 is 0 Å². The minimum absolute atomic E-state index is 0.0597. The summed E-state index contributed by atoms with van der Waals surface area (Å²) in [4.78, 5) is 20.7. The van der Waals surface area contributed by atoms with Crippen LogP contribution in [0.3, 0.4) is 0 Å². The minimum atomic E-state index is -0.175. The summed E-state index contributed by atoms with van der Waals surface area (Å²) in [5, 5.41) is 13.5. The Labute approximate surface area is 181 Å². The molecule has 31 heavy (non-hydrogen) atoms. The topological polar surface area (TPSA) is 126 Å². The van der Waals surface area contributed by atoms with Crippen molar-refractivity contribution in [1.29, 1.82) is 5.41 Å². The van der Waals surface area contributed by atoms with E-state index in [1.807, 2.05) is 45.0 Å². The fraction of sp³-hybridized carbons (Fsp3) is 0.217. The Morgan fingerprint density at radius 2 is 2.06 bits per heavy atom. The van der Waals surface area contributed by atoms with Gasteiger partial charge in [0.25, 0.3) is 5.91 Å². The molecular weight excluding hydrogens is 392 g/mol. The van der Waals surface area contributed by atoms with Crippen LogP contribution in [0.1, 0.15) is 25.0 Å². The number of aryl methyl sites for hydroxylation is 1. The summed E-state index contributed by atoms with van der Waals surface area (Å²) in [6, 6.07) is 12.7. The monoisotopic (exact) mass is 418 g/mol. The van der Waals surface area contributed by atoms with E-state index in [4.69, 9.17) is 15.9 Å². The van der Waals surface area contributed by atoms with Crippen molar-refractivity contribution in [2.45, 2.75) is 26.8 Å². The van der Waals surface area contributed by atoms with Gasteiger partial charge in [-0.05, 0) is 56.7 Å². The lowest BCUT2D eigenvalue weighted by Crippen LogP contribution is -2.34. The second-order valence-electron chi connectivity index (χ2n) is 7.37. The van der Waals surface area contributed by atoms with Gasteiger partial charge in [0.2, 0.25) is 0 Å². The molecule has 0 atom stereocenters. The number of nitrogens with one attached hydrogen (secondary N) is 3. The quantitative estimate of drug-likeness (QED) is 0.327. The molecule has 0 unspecified atom stereocenters. The van der Waals surface area contributed by atoms with Gasteiger partial charge in [-0.3, -0.25) is 4.79 Å². The van der Waals surface area contributed by atoms with E-state index in [1.54, 1.807) is 24.4 Å². The van der Waals surface area contributed by atoms with Crippen molar-refractivity contribution in [3.05, 3.63) is 59.8 Å². The van der Waals surface area contributed by atoms with Crippen molar-refractivity contribution in [3.63, 3.8) is 0 Å². The van der Waals surface area contributed by atoms with E-state index in [2.05, 4.69) is 20.6 Å². The molecule has 1 aromatic heterocycles. The van der Waals surface area contributed by atoms with Gasteiger partial charge in [-0.1, -0.05) is 12.1 Å². The molecular formula is C23H26N6O2. The first-order valence-electron chi connectivity index (χ1n) is 9.89. The van der Waals surface area contributed by atoms with Crippen LogP contribution in [0.4, 0.5) is 17.2 Å². The van der Waals surface area contributed by atoms with Crippen molar-refractivity contribution in [2.75, 3.05) is 17.7 Å². The molecule has 0 spiro atoms. The van der Waals surface area contributed by atoms with Crippen LogP contribution in [0.25, 0.3) is 11.4 Å². The van der Waals surface area contributed by atoms with Crippen molar-refractivity contribution in [1.82, 2.24) is 15.3 Å². The maximum absolute atomic E-state index is 11.8. The molecule has 0 fully saturated rings. The van der Waals surface area contributed by atoms with Gasteiger partial charge < -0.3 is 26.5 Å². The van der Waals surface area contributed by atoms with Crippen LogP contribution in [0.15, 0.2) is 48.7 Å². The van der Waals surface area contributed by atoms with Crippen LogP contribution in [0, 0.1) is 12.3 Å². The maximum Gasteiger partial charge on any atom is 0.258 e. The number of nitrogens with two attached hydrogens (primary N) is 1. The van der Waals surface area contributed by atoms with E-state index >= 15 is 0 Å². The largest absolute Gasteiger partial charge is 0.484 e. The number of nitrogen functional groups attached to an aromatic ring is 1. The van der Waals surface area contributed by atoms with E-state index < -0.39 is 0 Å². The number of amides is 1. The van der Waals surface area contributed by atoms with Crippen LogP contribution in [0.2, 0.25) is 0 Å². The van der Waals surface area contributed by atoms with Gasteiger partial charge in [-0.2, -0.15) is 0 Å². The molecule has 0 aliphatic heterocycles. The zero-order chi connectivity index (χ0) is 22.4. The van der Waals surface area contributed by atoms with Crippen LogP contribution < -0.4 is 21.1 Å². The molecule has 0 radical (unpaired) electrons. The van der Waals surface area contributed by atoms with Gasteiger partial charge in [0.15, 0.2) is 12.4 Å². The van der Waals surface area contributed by atoms with E-state index in [0.29, 0.717) is 28.6 Å². The highest BCUT2D eigenvalue weighted by atomic mass is 16.5. The number of nitrogens with zero attached hydrogens (tertiary/aromatic N) is 2. The zero-order valence-electron chi connectivity index (χ0n) is 17.8. The molecule has 3 rings (SSSR count). The molecule has 2 aromatic carbocycles. The van der Waals surface area contributed by atoms with E-state index in [-0.39, 0.29) is 18.6 Å². The number of carbonyl (C=O) groups is 1. The summed E-state index contributed by atoms with van der Waals surface area (Å²) in [6.45, 7) is 5.67. The Morgan fingerprint density at radius 3 is 2.81 bits per heavy atom. The highest BCUT2D eigenvalue weighted by Gasteiger charge is 2.09. The molecule has 1 heterocycles. The average Bonchev–Trinajstić information content (AvgIpc) is 2.74. The summed E-state index contributed by atoms with van der Waals surface area (Å²) in [7, 11) is 0. The van der Waals surface area contributed by atoms with Crippen molar-refractivity contribution in [2.24, 2.45) is 0 Å².